The third-order valence-corrected chi connectivity index (χ3v) is 4.45. The van der Waals surface area contributed by atoms with Gasteiger partial charge in [0.05, 0.1) is 19.0 Å². The van der Waals surface area contributed by atoms with E-state index in [1.54, 1.807) is 17.1 Å². The van der Waals surface area contributed by atoms with Crippen LogP contribution in [0.3, 0.4) is 0 Å². The van der Waals surface area contributed by atoms with E-state index in [2.05, 4.69) is 10.3 Å². The number of ketones is 1. The van der Waals surface area contributed by atoms with Crippen LogP contribution in [-0.4, -0.2) is 38.5 Å². The molecule has 2 rings (SSSR count). The monoisotopic (exact) mass is 387 g/mol. The molecular weight excluding hydrogens is 358 g/mol. The van der Waals surface area contributed by atoms with Crippen LogP contribution < -0.4 is 5.32 Å². The zero-order chi connectivity index (χ0) is 20.5. The van der Waals surface area contributed by atoms with Crippen molar-refractivity contribution in [1.82, 2.24) is 14.9 Å². The van der Waals surface area contributed by atoms with E-state index in [1.165, 1.54) is 6.92 Å². The van der Waals surface area contributed by atoms with Crippen molar-refractivity contribution in [3.63, 3.8) is 0 Å². The van der Waals surface area contributed by atoms with Crippen LogP contribution in [0.2, 0.25) is 0 Å². The number of aliphatic carboxylic acids is 1. The topological polar surface area (TPSA) is 93.5 Å². The fourth-order valence-electron chi connectivity index (χ4n) is 2.96. The molecule has 0 spiro atoms. The van der Waals surface area contributed by atoms with E-state index < -0.39 is 18.1 Å². The molecule has 1 aromatic heterocycles. The Bertz CT molecular complexity index is 758. The number of ether oxygens (including phenoxy) is 1. The largest absolute Gasteiger partial charge is 0.480 e. The van der Waals surface area contributed by atoms with Gasteiger partial charge in [0.1, 0.15) is 18.6 Å². The van der Waals surface area contributed by atoms with E-state index in [0.29, 0.717) is 13.0 Å². The highest BCUT2D eigenvalue weighted by Gasteiger charge is 2.26. The van der Waals surface area contributed by atoms with Gasteiger partial charge in [-0.2, -0.15) is 0 Å². The smallest absolute Gasteiger partial charge is 0.321 e. The van der Waals surface area contributed by atoms with Crippen molar-refractivity contribution in [2.24, 2.45) is 5.92 Å². The predicted octanol–water partition coefficient (Wildman–Crippen LogP) is 2.65. The predicted molar refractivity (Wildman–Crippen MR) is 106 cm³/mol. The van der Waals surface area contributed by atoms with Crippen LogP contribution in [0, 0.1) is 5.92 Å². The summed E-state index contributed by atoms with van der Waals surface area (Å²) >= 11 is 0. The molecular formula is C21H29N3O4. The Hall–Kier alpha value is -2.51. The van der Waals surface area contributed by atoms with Gasteiger partial charge in [-0.3, -0.25) is 14.9 Å². The number of rotatable bonds is 12. The number of carboxylic acid groups (broad SMARTS) is 1. The molecule has 0 aliphatic carbocycles. The summed E-state index contributed by atoms with van der Waals surface area (Å²) in [5, 5.41) is 12.6. The van der Waals surface area contributed by atoms with Crippen molar-refractivity contribution >= 4 is 11.8 Å². The van der Waals surface area contributed by atoms with Crippen LogP contribution in [-0.2, 0) is 34.1 Å². The summed E-state index contributed by atoms with van der Waals surface area (Å²) < 4.78 is 7.50. The molecule has 0 aliphatic heterocycles. The van der Waals surface area contributed by atoms with Crippen molar-refractivity contribution < 1.29 is 19.4 Å². The van der Waals surface area contributed by atoms with Gasteiger partial charge in [0.15, 0.2) is 0 Å². The van der Waals surface area contributed by atoms with Gasteiger partial charge in [-0.1, -0.05) is 44.2 Å². The van der Waals surface area contributed by atoms with Crippen LogP contribution >= 0.6 is 0 Å². The molecule has 7 nitrogen and oxygen atoms in total. The Kier molecular flexibility index (Phi) is 8.35. The molecule has 0 aliphatic rings. The SMILES string of the molecule is CC(=O)C(CC(C)C)N[C@H](Cc1cncn1COCc1ccccc1)C(=O)O. The van der Waals surface area contributed by atoms with E-state index in [-0.39, 0.29) is 24.9 Å². The second-order valence-corrected chi connectivity index (χ2v) is 7.37. The molecule has 0 fully saturated rings. The molecule has 0 saturated heterocycles. The molecule has 2 atom stereocenters. The molecule has 1 unspecified atom stereocenters. The number of carboxylic acids is 1. The number of carbonyl (C=O) groups excluding carboxylic acids is 1. The Morgan fingerprint density at radius 2 is 1.93 bits per heavy atom. The summed E-state index contributed by atoms with van der Waals surface area (Å²) in [6.07, 6.45) is 4.06. The third kappa shape index (κ3) is 6.90. The highest BCUT2D eigenvalue weighted by molar-refractivity contribution is 5.82. The molecule has 152 valence electrons. The van der Waals surface area contributed by atoms with Gasteiger partial charge in [0.2, 0.25) is 0 Å². The zero-order valence-electron chi connectivity index (χ0n) is 16.7. The number of hydrogen-bond acceptors (Lipinski definition) is 5. The molecule has 7 heteroatoms. The van der Waals surface area contributed by atoms with Crippen molar-refractivity contribution in [3.8, 4) is 0 Å². The van der Waals surface area contributed by atoms with Gasteiger partial charge in [0, 0.05) is 18.3 Å². The van der Waals surface area contributed by atoms with Gasteiger partial charge in [-0.05, 0) is 24.8 Å². The number of carbonyl (C=O) groups is 2. The van der Waals surface area contributed by atoms with E-state index >= 15 is 0 Å². The average molecular weight is 387 g/mol. The van der Waals surface area contributed by atoms with Gasteiger partial charge >= 0.3 is 5.97 Å². The maximum absolute atomic E-state index is 11.9. The second-order valence-electron chi connectivity index (χ2n) is 7.37. The Balaban J connectivity index is 1.98. The first kappa shape index (κ1) is 21.8. The number of nitrogens with one attached hydrogen (secondary N) is 1. The zero-order valence-corrected chi connectivity index (χ0v) is 16.7. The van der Waals surface area contributed by atoms with E-state index in [0.717, 1.165) is 11.3 Å². The van der Waals surface area contributed by atoms with Gasteiger partial charge in [-0.15, -0.1) is 0 Å². The number of hydrogen-bond donors (Lipinski definition) is 2. The first-order valence-electron chi connectivity index (χ1n) is 9.46. The number of aromatic nitrogens is 2. The van der Waals surface area contributed by atoms with Crippen LogP contribution in [0.15, 0.2) is 42.9 Å². The summed E-state index contributed by atoms with van der Waals surface area (Å²) in [7, 11) is 0. The number of Topliss-reactive ketones (excluding diaryl/α,β-unsaturated/α-hetero) is 1. The molecule has 1 heterocycles. The lowest BCUT2D eigenvalue weighted by molar-refractivity contribution is -0.140. The lowest BCUT2D eigenvalue weighted by atomic mass is 9.99. The van der Waals surface area contributed by atoms with Crippen LogP contribution in [0.1, 0.15) is 38.4 Å². The summed E-state index contributed by atoms with van der Waals surface area (Å²) in [5.41, 5.74) is 1.80. The lowest BCUT2D eigenvalue weighted by Crippen LogP contribution is -2.48. The normalized spacial score (nSPS) is 13.4. The van der Waals surface area contributed by atoms with Gasteiger partial charge < -0.3 is 14.4 Å². The molecule has 0 bridgehead atoms. The Labute approximate surface area is 165 Å². The van der Waals surface area contributed by atoms with Crippen LogP contribution in [0.4, 0.5) is 0 Å². The fourth-order valence-corrected chi connectivity index (χ4v) is 2.96. The Morgan fingerprint density at radius 3 is 2.54 bits per heavy atom. The van der Waals surface area contributed by atoms with Crippen molar-refractivity contribution in [2.45, 2.75) is 59.0 Å². The average Bonchev–Trinajstić information content (AvgIpc) is 3.08. The van der Waals surface area contributed by atoms with Crippen molar-refractivity contribution in [2.75, 3.05) is 0 Å². The van der Waals surface area contributed by atoms with E-state index in [1.807, 2.05) is 44.2 Å². The third-order valence-electron chi connectivity index (χ3n) is 4.45. The standard InChI is InChI=1S/C21H29N3O4/c1-15(2)9-19(16(3)25)23-20(21(26)27)10-18-11-22-13-24(18)14-28-12-17-7-5-4-6-8-17/h4-8,11,13,15,19-20,23H,9-10,12,14H2,1-3H3,(H,26,27)/t19?,20-/m1/s1. The lowest BCUT2D eigenvalue weighted by Gasteiger charge is -2.23. The number of nitrogens with zero attached hydrogens (tertiary/aromatic N) is 2. The summed E-state index contributed by atoms with van der Waals surface area (Å²) in [6, 6.07) is 8.46. The molecule has 28 heavy (non-hydrogen) atoms. The number of benzene rings is 1. The summed E-state index contributed by atoms with van der Waals surface area (Å²) in [5.74, 6) is -0.764. The maximum atomic E-state index is 11.9. The van der Waals surface area contributed by atoms with Gasteiger partial charge in [0.25, 0.3) is 0 Å². The van der Waals surface area contributed by atoms with Crippen molar-refractivity contribution in [3.05, 3.63) is 54.1 Å². The fraction of sp³-hybridized carbons (Fsp3) is 0.476. The highest BCUT2D eigenvalue weighted by Crippen LogP contribution is 2.11. The molecule has 0 amide bonds. The quantitative estimate of drug-likeness (QED) is 0.582. The minimum absolute atomic E-state index is 0.0559. The summed E-state index contributed by atoms with van der Waals surface area (Å²) in [6.45, 7) is 6.23. The molecule has 2 aromatic rings. The second kappa shape index (κ2) is 10.7. The van der Waals surface area contributed by atoms with Crippen LogP contribution in [0.25, 0.3) is 0 Å². The molecule has 1 aromatic carbocycles. The molecule has 0 saturated carbocycles. The van der Waals surface area contributed by atoms with Gasteiger partial charge in [-0.25, -0.2) is 4.98 Å². The Morgan fingerprint density at radius 1 is 1.21 bits per heavy atom. The van der Waals surface area contributed by atoms with E-state index in [4.69, 9.17) is 4.74 Å². The highest BCUT2D eigenvalue weighted by atomic mass is 16.5. The van der Waals surface area contributed by atoms with E-state index in [9.17, 15) is 14.7 Å². The first-order chi connectivity index (χ1) is 13.4. The number of imidazole rings is 1. The minimum Gasteiger partial charge on any atom is -0.480 e. The maximum Gasteiger partial charge on any atom is 0.321 e. The molecule has 0 radical (unpaired) electrons. The van der Waals surface area contributed by atoms with Crippen molar-refractivity contribution in [1.29, 1.82) is 0 Å². The first-order valence-corrected chi connectivity index (χ1v) is 9.46. The summed E-state index contributed by atoms with van der Waals surface area (Å²) in [4.78, 5) is 27.8. The minimum atomic E-state index is -0.993. The molecule has 2 N–H and O–H groups in total. The van der Waals surface area contributed by atoms with Crippen LogP contribution in [0.5, 0.6) is 0 Å².